The molecule has 0 saturated carbocycles. The van der Waals surface area contributed by atoms with E-state index in [0.29, 0.717) is 10.6 Å². The van der Waals surface area contributed by atoms with E-state index in [9.17, 15) is 4.79 Å². The molecule has 0 aliphatic carbocycles. The highest BCUT2D eigenvalue weighted by molar-refractivity contribution is 7.12. The molecule has 1 saturated heterocycles. The lowest BCUT2D eigenvalue weighted by Gasteiger charge is -2.33. The summed E-state index contributed by atoms with van der Waals surface area (Å²) in [6, 6.07) is 1.83. The van der Waals surface area contributed by atoms with Gasteiger partial charge in [0.1, 0.15) is 10.6 Å². The Morgan fingerprint density at radius 3 is 2.68 bits per heavy atom. The van der Waals surface area contributed by atoms with E-state index in [1.807, 2.05) is 11.4 Å². The van der Waals surface area contributed by atoms with E-state index in [2.05, 4.69) is 22.0 Å². The van der Waals surface area contributed by atoms with Crippen LogP contribution in [0.2, 0.25) is 0 Å². The second kappa shape index (κ2) is 9.12. The maximum Gasteiger partial charge on any atom is 0.265 e. The molecule has 5 nitrogen and oxygen atoms in total. The number of rotatable bonds is 8. The van der Waals surface area contributed by atoms with Crippen molar-refractivity contribution in [3.8, 4) is 5.75 Å². The average Bonchev–Trinajstić information content (AvgIpc) is 3.03. The zero-order valence-electron chi connectivity index (χ0n) is 13.6. The van der Waals surface area contributed by atoms with Gasteiger partial charge < -0.3 is 19.9 Å². The zero-order valence-corrected chi connectivity index (χ0v) is 14.5. The Balaban J connectivity index is 1.57. The van der Waals surface area contributed by atoms with Crippen LogP contribution in [0.15, 0.2) is 11.4 Å². The molecule has 0 atom stereocenters. The largest absolute Gasteiger partial charge is 0.495 e. The number of unbranched alkanes of at least 4 members (excludes halogenated alkanes) is 1. The Kier molecular flexibility index (Phi) is 7.15. The Morgan fingerprint density at radius 2 is 2.00 bits per heavy atom. The van der Waals surface area contributed by atoms with Gasteiger partial charge in [0.2, 0.25) is 0 Å². The van der Waals surface area contributed by atoms with Crippen molar-refractivity contribution in [2.45, 2.75) is 19.8 Å². The summed E-state index contributed by atoms with van der Waals surface area (Å²) in [4.78, 5) is 17.7. The summed E-state index contributed by atoms with van der Waals surface area (Å²) in [6.07, 6.45) is 2.15. The van der Waals surface area contributed by atoms with Crippen LogP contribution in [-0.2, 0) is 0 Å². The minimum absolute atomic E-state index is 0.0246. The Hall–Kier alpha value is -1.11. The number of thiophene rings is 1. The van der Waals surface area contributed by atoms with Gasteiger partial charge in [0.25, 0.3) is 5.91 Å². The van der Waals surface area contributed by atoms with Gasteiger partial charge in [-0.3, -0.25) is 4.79 Å². The minimum Gasteiger partial charge on any atom is -0.495 e. The third-order valence-corrected chi connectivity index (χ3v) is 5.05. The summed E-state index contributed by atoms with van der Waals surface area (Å²) < 4.78 is 5.17. The molecule has 0 aromatic carbocycles. The number of nitrogens with zero attached hydrogens (tertiary/aromatic N) is 2. The molecule has 2 rings (SSSR count). The molecule has 0 spiro atoms. The van der Waals surface area contributed by atoms with Crippen LogP contribution < -0.4 is 10.1 Å². The molecular formula is C16H27N3O2S. The van der Waals surface area contributed by atoms with Gasteiger partial charge in [0, 0.05) is 32.7 Å². The molecule has 124 valence electrons. The molecule has 1 aliphatic heterocycles. The highest BCUT2D eigenvalue weighted by atomic mass is 32.1. The van der Waals surface area contributed by atoms with Crippen molar-refractivity contribution >= 4 is 17.2 Å². The summed E-state index contributed by atoms with van der Waals surface area (Å²) in [5.41, 5.74) is 0. The predicted molar refractivity (Wildman–Crippen MR) is 91.0 cm³/mol. The SMILES string of the molecule is CCN1CCN(CCCCNC(=O)c2sccc2OC)CC1. The van der Waals surface area contributed by atoms with Gasteiger partial charge in [-0.15, -0.1) is 11.3 Å². The highest BCUT2D eigenvalue weighted by Gasteiger charge is 2.15. The second-order valence-electron chi connectivity index (χ2n) is 5.56. The quantitative estimate of drug-likeness (QED) is 0.742. The van der Waals surface area contributed by atoms with Crippen LogP contribution in [0.4, 0.5) is 0 Å². The molecule has 1 fully saturated rings. The Bertz CT molecular complexity index is 456. The monoisotopic (exact) mass is 325 g/mol. The average molecular weight is 325 g/mol. The lowest BCUT2D eigenvalue weighted by Crippen LogP contribution is -2.46. The molecular weight excluding hydrogens is 298 g/mol. The van der Waals surface area contributed by atoms with Crippen molar-refractivity contribution in [3.63, 3.8) is 0 Å². The van der Waals surface area contributed by atoms with Crippen molar-refractivity contribution in [1.82, 2.24) is 15.1 Å². The van der Waals surface area contributed by atoms with Gasteiger partial charge >= 0.3 is 0 Å². The third-order valence-electron chi connectivity index (χ3n) is 4.15. The van der Waals surface area contributed by atoms with E-state index in [0.717, 1.165) is 32.5 Å². The molecule has 0 unspecified atom stereocenters. The second-order valence-corrected chi connectivity index (χ2v) is 6.47. The van der Waals surface area contributed by atoms with E-state index in [4.69, 9.17) is 4.74 Å². The zero-order chi connectivity index (χ0) is 15.8. The van der Waals surface area contributed by atoms with Crippen molar-refractivity contribution < 1.29 is 9.53 Å². The van der Waals surface area contributed by atoms with Crippen molar-refractivity contribution in [2.24, 2.45) is 0 Å². The standard InChI is InChI=1S/C16H27N3O2S/c1-3-18-9-11-19(12-10-18)8-5-4-7-17-16(20)15-14(21-2)6-13-22-15/h6,13H,3-5,7-12H2,1-2H3,(H,17,20). The molecule has 1 aliphatic rings. The van der Waals surface area contributed by atoms with E-state index >= 15 is 0 Å². The number of piperazine rings is 1. The minimum atomic E-state index is -0.0246. The molecule has 1 aromatic rings. The molecule has 2 heterocycles. The van der Waals surface area contributed by atoms with Crippen molar-refractivity contribution in [3.05, 3.63) is 16.3 Å². The fourth-order valence-corrected chi connectivity index (χ4v) is 3.47. The smallest absolute Gasteiger partial charge is 0.265 e. The van der Waals surface area contributed by atoms with E-state index in [-0.39, 0.29) is 5.91 Å². The van der Waals surface area contributed by atoms with Gasteiger partial charge in [-0.05, 0) is 37.4 Å². The molecule has 6 heteroatoms. The number of methoxy groups -OCH3 is 1. The van der Waals surface area contributed by atoms with E-state index in [1.54, 1.807) is 7.11 Å². The highest BCUT2D eigenvalue weighted by Crippen LogP contribution is 2.23. The van der Waals surface area contributed by atoms with Gasteiger partial charge in [-0.1, -0.05) is 6.92 Å². The molecule has 0 bridgehead atoms. The van der Waals surface area contributed by atoms with Crippen LogP contribution in [0.3, 0.4) is 0 Å². The lowest BCUT2D eigenvalue weighted by molar-refractivity contribution is 0.0953. The number of hydrogen-bond donors (Lipinski definition) is 1. The normalized spacial score (nSPS) is 16.6. The number of nitrogens with one attached hydrogen (secondary N) is 1. The first kappa shape index (κ1) is 17.2. The fourth-order valence-electron chi connectivity index (χ4n) is 2.70. The number of hydrogen-bond acceptors (Lipinski definition) is 5. The fraction of sp³-hybridized carbons (Fsp3) is 0.688. The molecule has 0 radical (unpaired) electrons. The van der Waals surface area contributed by atoms with Gasteiger partial charge in [-0.25, -0.2) is 0 Å². The number of amides is 1. The first-order valence-electron chi connectivity index (χ1n) is 8.09. The van der Waals surface area contributed by atoms with Crippen LogP contribution in [0.1, 0.15) is 29.4 Å². The summed E-state index contributed by atoms with van der Waals surface area (Å²) in [5, 5.41) is 4.86. The first-order valence-corrected chi connectivity index (χ1v) is 8.97. The van der Waals surface area contributed by atoms with Crippen molar-refractivity contribution in [1.29, 1.82) is 0 Å². The number of ether oxygens (including phenoxy) is 1. The van der Waals surface area contributed by atoms with Crippen molar-refractivity contribution in [2.75, 3.05) is 52.9 Å². The van der Waals surface area contributed by atoms with E-state index in [1.165, 1.54) is 37.5 Å². The summed E-state index contributed by atoms with van der Waals surface area (Å²) in [6.45, 7) is 9.97. The van der Waals surface area contributed by atoms with Crippen LogP contribution in [-0.4, -0.2) is 68.6 Å². The van der Waals surface area contributed by atoms with Gasteiger partial charge in [-0.2, -0.15) is 0 Å². The number of carbonyl (C=O) groups is 1. The van der Waals surface area contributed by atoms with Gasteiger partial charge in [0.15, 0.2) is 0 Å². The molecule has 1 amide bonds. The van der Waals surface area contributed by atoms with Gasteiger partial charge in [0.05, 0.1) is 7.11 Å². The molecule has 22 heavy (non-hydrogen) atoms. The topological polar surface area (TPSA) is 44.8 Å². The van der Waals surface area contributed by atoms with E-state index < -0.39 is 0 Å². The van der Waals surface area contributed by atoms with Crippen LogP contribution >= 0.6 is 11.3 Å². The molecule has 1 N–H and O–H groups in total. The predicted octanol–water partition coefficient (Wildman–Crippen LogP) is 1.90. The maximum absolute atomic E-state index is 12.0. The number of likely N-dealkylation sites (N-methyl/N-ethyl adjacent to an activating group) is 1. The van der Waals surface area contributed by atoms with Crippen LogP contribution in [0.5, 0.6) is 5.75 Å². The summed E-state index contributed by atoms with van der Waals surface area (Å²) >= 11 is 1.42. The van der Waals surface area contributed by atoms with Crippen LogP contribution in [0.25, 0.3) is 0 Å². The Morgan fingerprint density at radius 1 is 1.27 bits per heavy atom. The Labute approximate surface area is 137 Å². The first-order chi connectivity index (χ1) is 10.7. The summed E-state index contributed by atoms with van der Waals surface area (Å²) in [7, 11) is 1.59. The number of carbonyl (C=O) groups excluding carboxylic acids is 1. The van der Waals surface area contributed by atoms with Crippen LogP contribution in [0, 0.1) is 0 Å². The lowest BCUT2D eigenvalue weighted by atomic mass is 10.2. The maximum atomic E-state index is 12.0. The summed E-state index contributed by atoms with van der Waals surface area (Å²) in [5.74, 6) is 0.639. The third kappa shape index (κ3) is 4.97. The molecule has 1 aromatic heterocycles.